The summed E-state index contributed by atoms with van der Waals surface area (Å²) in [5.41, 5.74) is 2.90. The molecule has 0 aromatic heterocycles. The highest BCUT2D eigenvalue weighted by molar-refractivity contribution is 5.66. The molecule has 0 heterocycles. The first-order valence-corrected chi connectivity index (χ1v) is 9.25. The maximum Gasteiger partial charge on any atom is 0.119 e. The number of benzene rings is 1. The summed E-state index contributed by atoms with van der Waals surface area (Å²) in [5, 5.41) is 0. The molecule has 0 N–H and O–H groups in total. The maximum absolute atomic E-state index is 5.84. The Labute approximate surface area is 136 Å². The van der Waals surface area contributed by atoms with Gasteiger partial charge in [0.15, 0.2) is 0 Å². The topological polar surface area (TPSA) is 9.23 Å². The molecule has 22 heavy (non-hydrogen) atoms. The fourth-order valence-corrected chi connectivity index (χ4v) is 3.18. The van der Waals surface area contributed by atoms with Crippen molar-refractivity contribution >= 4 is 5.57 Å². The van der Waals surface area contributed by atoms with Crippen LogP contribution < -0.4 is 4.74 Å². The summed E-state index contributed by atoms with van der Waals surface area (Å²) in [4.78, 5) is 0. The average molecular weight is 300 g/mol. The van der Waals surface area contributed by atoms with Crippen molar-refractivity contribution in [3.8, 4) is 5.75 Å². The third-order valence-electron chi connectivity index (χ3n) is 4.84. The van der Waals surface area contributed by atoms with Crippen LogP contribution in [-0.2, 0) is 0 Å². The molecule has 0 aliphatic heterocycles. The molecule has 0 saturated carbocycles. The predicted molar refractivity (Wildman–Crippen MR) is 96.3 cm³/mol. The van der Waals surface area contributed by atoms with Gasteiger partial charge in [0.25, 0.3) is 0 Å². The van der Waals surface area contributed by atoms with Crippen molar-refractivity contribution in [3.63, 3.8) is 0 Å². The van der Waals surface area contributed by atoms with Crippen molar-refractivity contribution in [1.82, 2.24) is 0 Å². The number of hydrogen-bond acceptors (Lipinski definition) is 1. The molecular weight excluding hydrogens is 268 g/mol. The third-order valence-corrected chi connectivity index (χ3v) is 4.84. The molecule has 1 unspecified atom stereocenters. The second kappa shape index (κ2) is 9.71. The second-order valence-electron chi connectivity index (χ2n) is 6.57. The predicted octanol–water partition coefficient (Wildman–Crippen LogP) is 6.63. The van der Waals surface area contributed by atoms with E-state index in [1.54, 1.807) is 0 Å². The highest BCUT2D eigenvalue weighted by Gasteiger charge is 2.13. The van der Waals surface area contributed by atoms with E-state index in [4.69, 9.17) is 4.74 Å². The molecule has 2 rings (SSSR count). The average Bonchev–Trinajstić information content (AvgIpc) is 2.59. The standard InChI is InChI=1S/C21H32O/c1-3-5-6-7-8-17-22-21-15-13-20(14-16-21)19-11-9-18(4-2)10-12-19/h11,13-16,18H,3-10,12,17H2,1-2H3. The molecule has 122 valence electrons. The Hall–Kier alpha value is -1.24. The van der Waals surface area contributed by atoms with Crippen LogP contribution in [-0.4, -0.2) is 6.61 Å². The monoisotopic (exact) mass is 300 g/mol. The van der Waals surface area contributed by atoms with Crippen LogP contribution in [0.15, 0.2) is 30.3 Å². The van der Waals surface area contributed by atoms with Gasteiger partial charge in [0.05, 0.1) is 6.61 Å². The number of allylic oxidation sites excluding steroid dienone is 2. The van der Waals surface area contributed by atoms with E-state index in [1.165, 1.54) is 68.9 Å². The van der Waals surface area contributed by atoms with Crippen LogP contribution in [0.2, 0.25) is 0 Å². The first-order valence-electron chi connectivity index (χ1n) is 9.25. The van der Waals surface area contributed by atoms with Crippen molar-refractivity contribution in [2.24, 2.45) is 5.92 Å². The molecule has 0 fully saturated rings. The zero-order valence-corrected chi connectivity index (χ0v) is 14.4. The van der Waals surface area contributed by atoms with Gasteiger partial charge in [0.1, 0.15) is 5.75 Å². The molecule has 1 atom stereocenters. The van der Waals surface area contributed by atoms with Gasteiger partial charge in [-0.1, -0.05) is 64.2 Å². The highest BCUT2D eigenvalue weighted by atomic mass is 16.5. The molecule has 0 radical (unpaired) electrons. The Morgan fingerprint density at radius 3 is 2.41 bits per heavy atom. The lowest BCUT2D eigenvalue weighted by Crippen LogP contribution is -2.04. The fraction of sp³-hybridized carbons (Fsp3) is 0.619. The van der Waals surface area contributed by atoms with E-state index >= 15 is 0 Å². The molecular formula is C21H32O. The van der Waals surface area contributed by atoms with Gasteiger partial charge in [-0.2, -0.15) is 0 Å². The molecule has 0 amide bonds. The largest absolute Gasteiger partial charge is 0.494 e. The molecule has 0 saturated heterocycles. The van der Waals surface area contributed by atoms with Crippen molar-refractivity contribution in [2.75, 3.05) is 6.61 Å². The van der Waals surface area contributed by atoms with Gasteiger partial charge in [-0.05, 0) is 54.9 Å². The summed E-state index contributed by atoms with van der Waals surface area (Å²) in [6, 6.07) is 8.72. The zero-order valence-electron chi connectivity index (χ0n) is 14.4. The number of hydrogen-bond donors (Lipinski definition) is 0. The highest BCUT2D eigenvalue weighted by Crippen LogP contribution is 2.32. The maximum atomic E-state index is 5.84. The van der Waals surface area contributed by atoms with Gasteiger partial charge >= 0.3 is 0 Å². The van der Waals surface area contributed by atoms with Crippen LogP contribution in [0, 0.1) is 5.92 Å². The minimum Gasteiger partial charge on any atom is -0.494 e. The van der Waals surface area contributed by atoms with E-state index < -0.39 is 0 Å². The summed E-state index contributed by atoms with van der Waals surface area (Å²) >= 11 is 0. The first-order chi connectivity index (χ1) is 10.8. The Bertz CT molecular complexity index is 443. The Morgan fingerprint density at radius 1 is 1.00 bits per heavy atom. The van der Waals surface area contributed by atoms with Crippen molar-refractivity contribution in [3.05, 3.63) is 35.9 Å². The van der Waals surface area contributed by atoms with Crippen LogP contribution in [0.3, 0.4) is 0 Å². The number of rotatable bonds is 9. The van der Waals surface area contributed by atoms with Crippen molar-refractivity contribution in [1.29, 1.82) is 0 Å². The molecule has 0 bridgehead atoms. The lowest BCUT2D eigenvalue weighted by molar-refractivity contribution is 0.304. The van der Waals surface area contributed by atoms with Gasteiger partial charge in [0, 0.05) is 0 Å². The van der Waals surface area contributed by atoms with E-state index in [1.807, 2.05) is 0 Å². The van der Waals surface area contributed by atoms with E-state index in [0.29, 0.717) is 0 Å². The lowest BCUT2D eigenvalue weighted by Gasteiger charge is -2.20. The molecule has 1 aromatic carbocycles. The lowest BCUT2D eigenvalue weighted by atomic mass is 9.85. The Kier molecular flexibility index (Phi) is 7.56. The Morgan fingerprint density at radius 2 is 1.77 bits per heavy atom. The second-order valence-corrected chi connectivity index (χ2v) is 6.57. The van der Waals surface area contributed by atoms with Crippen LogP contribution in [0.1, 0.15) is 77.2 Å². The quantitative estimate of drug-likeness (QED) is 0.465. The van der Waals surface area contributed by atoms with Crippen molar-refractivity contribution < 1.29 is 4.74 Å². The van der Waals surface area contributed by atoms with Crippen LogP contribution in [0.5, 0.6) is 5.75 Å². The summed E-state index contributed by atoms with van der Waals surface area (Å²) < 4.78 is 5.84. The minimum absolute atomic E-state index is 0.851. The SMILES string of the molecule is CCCCCCCOc1ccc(C2=CCC(CC)CC2)cc1. The van der Waals surface area contributed by atoms with Crippen LogP contribution in [0.4, 0.5) is 0 Å². The van der Waals surface area contributed by atoms with Gasteiger partial charge in [-0.25, -0.2) is 0 Å². The molecule has 1 aliphatic rings. The van der Waals surface area contributed by atoms with Gasteiger partial charge in [-0.3, -0.25) is 0 Å². The molecule has 1 heteroatoms. The van der Waals surface area contributed by atoms with Crippen LogP contribution >= 0.6 is 0 Å². The molecule has 0 spiro atoms. The van der Waals surface area contributed by atoms with Gasteiger partial charge in [-0.15, -0.1) is 0 Å². The Balaban J connectivity index is 1.75. The molecule has 1 aliphatic carbocycles. The normalized spacial score (nSPS) is 18.1. The van der Waals surface area contributed by atoms with Gasteiger partial charge < -0.3 is 4.74 Å². The number of ether oxygens (including phenoxy) is 1. The molecule has 1 aromatic rings. The summed E-state index contributed by atoms with van der Waals surface area (Å²) in [7, 11) is 0. The summed E-state index contributed by atoms with van der Waals surface area (Å²) in [5.74, 6) is 1.92. The minimum atomic E-state index is 0.851. The van der Waals surface area contributed by atoms with E-state index in [2.05, 4.69) is 44.2 Å². The van der Waals surface area contributed by atoms with Crippen molar-refractivity contribution in [2.45, 2.75) is 71.6 Å². The first kappa shape index (κ1) is 17.1. The third kappa shape index (κ3) is 5.51. The smallest absolute Gasteiger partial charge is 0.119 e. The van der Waals surface area contributed by atoms with E-state index in [9.17, 15) is 0 Å². The van der Waals surface area contributed by atoms with Crippen LogP contribution in [0.25, 0.3) is 5.57 Å². The summed E-state index contributed by atoms with van der Waals surface area (Å²) in [6.45, 7) is 5.41. The van der Waals surface area contributed by atoms with E-state index in [-0.39, 0.29) is 0 Å². The number of unbranched alkanes of at least 4 members (excludes halogenated alkanes) is 4. The zero-order chi connectivity index (χ0) is 15.6. The van der Waals surface area contributed by atoms with E-state index in [0.717, 1.165) is 18.3 Å². The fourth-order valence-electron chi connectivity index (χ4n) is 3.18. The molecule has 1 nitrogen and oxygen atoms in total. The summed E-state index contributed by atoms with van der Waals surface area (Å²) in [6.07, 6.45) is 14.0. The van der Waals surface area contributed by atoms with Gasteiger partial charge in [0.2, 0.25) is 0 Å².